The normalized spacial score (nSPS) is 15.5. The molecular weight excluding hydrogens is 222 g/mol. The second kappa shape index (κ2) is 5.22. The molecule has 0 fully saturated rings. The number of methoxy groups -OCH3 is 1. The van der Waals surface area contributed by atoms with E-state index in [9.17, 15) is 18.0 Å². The SMILES string of the molecule is COC(=O)C(C)S(=O)(=O)NC(C)C(C)=O. The maximum atomic E-state index is 11.5. The quantitative estimate of drug-likeness (QED) is 0.648. The molecule has 0 heterocycles. The zero-order valence-electron chi connectivity index (χ0n) is 9.10. The molecule has 15 heavy (non-hydrogen) atoms. The summed E-state index contributed by atoms with van der Waals surface area (Å²) in [6, 6.07) is -0.845. The molecule has 88 valence electrons. The molecule has 2 unspecified atom stereocenters. The Bertz CT molecular complexity index is 348. The van der Waals surface area contributed by atoms with Gasteiger partial charge in [-0.2, -0.15) is 0 Å². The summed E-state index contributed by atoms with van der Waals surface area (Å²) in [5, 5.41) is -1.33. The third kappa shape index (κ3) is 3.96. The molecule has 0 saturated carbocycles. The highest BCUT2D eigenvalue weighted by atomic mass is 32.2. The van der Waals surface area contributed by atoms with E-state index in [4.69, 9.17) is 0 Å². The third-order valence-corrected chi connectivity index (χ3v) is 3.75. The Kier molecular flexibility index (Phi) is 4.89. The van der Waals surface area contributed by atoms with Crippen LogP contribution in [-0.4, -0.2) is 38.6 Å². The van der Waals surface area contributed by atoms with Crippen molar-refractivity contribution in [3.05, 3.63) is 0 Å². The Morgan fingerprint density at radius 2 is 1.73 bits per heavy atom. The summed E-state index contributed by atoms with van der Waals surface area (Å²) in [6.45, 7) is 3.86. The van der Waals surface area contributed by atoms with Gasteiger partial charge in [-0.1, -0.05) is 0 Å². The summed E-state index contributed by atoms with van der Waals surface area (Å²) in [5.74, 6) is -1.19. The molecule has 0 aromatic heterocycles. The van der Waals surface area contributed by atoms with Crippen molar-refractivity contribution in [3.63, 3.8) is 0 Å². The van der Waals surface area contributed by atoms with Gasteiger partial charge in [0.2, 0.25) is 10.0 Å². The minimum Gasteiger partial charge on any atom is -0.468 e. The van der Waals surface area contributed by atoms with Gasteiger partial charge in [-0.05, 0) is 20.8 Å². The first-order valence-corrected chi connectivity index (χ1v) is 5.86. The average molecular weight is 237 g/mol. The Morgan fingerprint density at radius 1 is 1.27 bits per heavy atom. The van der Waals surface area contributed by atoms with E-state index in [0.717, 1.165) is 7.11 Å². The molecule has 0 radical (unpaired) electrons. The molecule has 0 rings (SSSR count). The van der Waals surface area contributed by atoms with Crippen molar-refractivity contribution in [1.82, 2.24) is 4.72 Å². The van der Waals surface area contributed by atoms with E-state index >= 15 is 0 Å². The summed E-state index contributed by atoms with van der Waals surface area (Å²) in [7, 11) is -2.76. The Balaban J connectivity index is 4.70. The van der Waals surface area contributed by atoms with Gasteiger partial charge in [-0.3, -0.25) is 9.59 Å². The zero-order chi connectivity index (χ0) is 12.2. The Labute approximate surface area is 89.0 Å². The van der Waals surface area contributed by atoms with E-state index in [0.29, 0.717) is 0 Å². The molecule has 1 N–H and O–H groups in total. The number of Topliss-reactive ketones (excluding diaryl/α,β-unsaturated/α-hetero) is 1. The standard InChI is InChI=1S/C8H15NO5S/c1-5(6(2)10)9-15(12,13)7(3)8(11)14-4/h5,7,9H,1-4H3. The van der Waals surface area contributed by atoms with Gasteiger partial charge in [-0.15, -0.1) is 0 Å². The average Bonchev–Trinajstić information content (AvgIpc) is 2.14. The van der Waals surface area contributed by atoms with Gasteiger partial charge >= 0.3 is 5.97 Å². The van der Waals surface area contributed by atoms with Crippen molar-refractivity contribution < 1.29 is 22.7 Å². The molecule has 0 aromatic carbocycles. The van der Waals surface area contributed by atoms with Gasteiger partial charge in [0.25, 0.3) is 0 Å². The van der Waals surface area contributed by atoms with Crippen LogP contribution in [0.5, 0.6) is 0 Å². The van der Waals surface area contributed by atoms with Gasteiger partial charge < -0.3 is 4.74 Å². The molecule has 7 heteroatoms. The fourth-order valence-corrected chi connectivity index (χ4v) is 1.94. The zero-order valence-corrected chi connectivity index (χ0v) is 9.92. The number of sulfonamides is 1. The minimum absolute atomic E-state index is 0.323. The molecule has 6 nitrogen and oxygen atoms in total. The summed E-state index contributed by atoms with van der Waals surface area (Å²) in [5.41, 5.74) is 0. The number of ether oxygens (including phenoxy) is 1. The van der Waals surface area contributed by atoms with Gasteiger partial charge in [0.1, 0.15) is 5.78 Å². The lowest BCUT2D eigenvalue weighted by Crippen LogP contribution is -2.44. The van der Waals surface area contributed by atoms with Gasteiger partial charge in [0.05, 0.1) is 13.2 Å². The molecule has 0 saturated heterocycles. The number of rotatable bonds is 5. The van der Waals surface area contributed by atoms with Crippen LogP contribution in [0.3, 0.4) is 0 Å². The van der Waals surface area contributed by atoms with Crippen LogP contribution >= 0.6 is 0 Å². The maximum absolute atomic E-state index is 11.5. The summed E-state index contributed by atoms with van der Waals surface area (Å²) in [4.78, 5) is 21.8. The maximum Gasteiger partial charge on any atom is 0.325 e. The second-order valence-corrected chi connectivity index (χ2v) is 5.19. The van der Waals surface area contributed by atoms with Crippen LogP contribution < -0.4 is 4.72 Å². The summed E-state index contributed by atoms with van der Waals surface area (Å²) >= 11 is 0. The molecule has 0 bridgehead atoms. The monoisotopic (exact) mass is 237 g/mol. The summed E-state index contributed by atoms with van der Waals surface area (Å²) < 4.78 is 29.4. The number of carbonyl (C=O) groups excluding carboxylic acids is 2. The lowest BCUT2D eigenvalue weighted by molar-refractivity contribution is -0.139. The Morgan fingerprint density at radius 3 is 2.07 bits per heavy atom. The number of ketones is 1. The number of nitrogens with one attached hydrogen (secondary N) is 1. The number of hydrogen-bond donors (Lipinski definition) is 1. The van der Waals surface area contributed by atoms with E-state index < -0.39 is 27.3 Å². The number of esters is 1. The van der Waals surface area contributed by atoms with Gasteiger partial charge in [0, 0.05) is 0 Å². The van der Waals surface area contributed by atoms with Crippen LogP contribution in [0.25, 0.3) is 0 Å². The van der Waals surface area contributed by atoms with Crippen molar-refractivity contribution in [3.8, 4) is 0 Å². The van der Waals surface area contributed by atoms with E-state index in [1.165, 1.54) is 20.8 Å². The first-order chi connectivity index (χ1) is 6.72. The molecule has 2 atom stereocenters. The fourth-order valence-electron chi connectivity index (χ4n) is 0.724. The van der Waals surface area contributed by atoms with Gasteiger partial charge in [0.15, 0.2) is 5.25 Å². The number of hydrogen-bond acceptors (Lipinski definition) is 5. The fraction of sp³-hybridized carbons (Fsp3) is 0.750. The molecule has 0 aliphatic carbocycles. The Hall–Kier alpha value is -0.950. The first kappa shape index (κ1) is 14.1. The minimum atomic E-state index is -3.86. The topological polar surface area (TPSA) is 89.5 Å². The molecule has 0 aliphatic rings. The van der Waals surface area contributed by atoms with E-state index in [2.05, 4.69) is 9.46 Å². The van der Waals surface area contributed by atoms with Crippen LogP contribution in [0.2, 0.25) is 0 Å². The van der Waals surface area contributed by atoms with E-state index in [1.807, 2.05) is 0 Å². The predicted molar refractivity (Wildman–Crippen MR) is 53.7 cm³/mol. The molecule has 0 aromatic rings. The van der Waals surface area contributed by atoms with Crippen LogP contribution in [0.4, 0.5) is 0 Å². The second-order valence-electron chi connectivity index (χ2n) is 3.16. The molecular formula is C8H15NO5S. The number of carbonyl (C=O) groups is 2. The lowest BCUT2D eigenvalue weighted by atomic mass is 10.3. The highest BCUT2D eigenvalue weighted by Crippen LogP contribution is 2.02. The van der Waals surface area contributed by atoms with Crippen molar-refractivity contribution in [1.29, 1.82) is 0 Å². The van der Waals surface area contributed by atoms with Crippen LogP contribution in [-0.2, 0) is 24.3 Å². The highest BCUT2D eigenvalue weighted by molar-refractivity contribution is 7.90. The van der Waals surface area contributed by atoms with Crippen LogP contribution in [0.1, 0.15) is 20.8 Å². The summed E-state index contributed by atoms with van der Waals surface area (Å²) in [6.07, 6.45) is 0. The molecule has 0 aliphatic heterocycles. The largest absolute Gasteiger partial charge is 0.468 e. The van der Waals surface area contributed by atoms with Crippen molar-refractivity contribution in [2.45, 2.75) is 32.1 Å². The molecule has 0 amide bonds. The predicted octanol–water partition coefficient (Wildman–Crippen LogP) is -0.555. The highest BCUT2D eigenvalue weighted by Gasteiger charge is 2.30. The van der Waals surface area contributed by atoms with Crippen molar-refractivity contribution >= 4 is 21.8 Å². The lowest BCUT2D eigenvalue weighted by Gasteiger charge is -2.14. The van der Waals surface area contributed by atoms with E-state index in [-0.39, 0.29) is 5.78 Å². The van der Waals surface area contributed by atoms with Crippen molar-refractivity contribution in [2.75, 3.05) is 7.11 Å². The van der Waals surface area contributed by atoms with Crippen LogP contribution in [0, 0.1) is 0 Å². The third-order valence-electron chi connectivity index (χ3n) is 1.95. The van der Waals surface area contributed by atoms with E-state index in [1.54, 1.807) is 0 Å². The van der Waals surface area contributed by atoms with Crippen LogP contribution in [0.15, 0.2) is 0 Å². The van der Waals surface area contributed by atoms with Gasteiger partial charge in [-0.25, -0.2) is 13.1 Å². The first-order valence-electron chi connectivity index (χ1n) is 4.31. The molecule has 0 spiro atoms. The smallest absolute Gasteiger partial charge is 0.325 e. The van der Waals surface area contributed by atoms with Crippen molar-refractivity contribution in [2.24, 2.45) is 0 Å².